The van der Waals surface area contributed by atoms with Gasteiger partial charge in [-0.1, -0.05) is 371 Å². The fourth-order valence-corrected chi connectivity index (χ4v) is 11.7. The van der Waals surface area contributed by atoms with Crippen LogP contribution < -0.4 is 5.32 Å². The lowest BCUT2D eigenvalue weighted by atomic mass is 10.0. The van der Waals surface area contributed by atoms with Crippen molar-refractivity contribution in [2.45, 2.75) is 424 Å². The summed E-state index contributed by atoms with van der Waals surface area (Å²) in [5, 5.41) is 23.3. The first-order valence-corrected chi connectivity index (χ1v) is 37.3. The van der Waals surface area contributed by atoms with Gasteiger partial charge in [-0.05, 0) is 64.2 Å². The number of esters is 1. The van der Waals surface area contributed by atoms with Crippen LogP contribution in [0.1, 0.15) is 412 Å². The molecule has 0 aromatic rings. The van der Waals surface area contributed by atoms with Gasteiger partial charge in [-0.15, -0.1) is 0 Å². The number of hydrogen-bond donors (Lipinski definition) is 3. The lowest BCUT2D eigenvalue weighted by Crippen LogP contribution is -2.45. The van der Waals surface area contributed by atoms with E-state index in [1.54, 1.807) is 6.08 Å². The van der Waals surface area contributed by atoms with Crippen molar-refractivity contribution in [3.63, 3.8) is 0 Å². The zero-order chi connectivity index (χ0) is 59.2. The maximum absolute atomic E-state index is 12.5. The molecule has 0 aliphatic carbocycles. The van der Waals surface area contributed by atoms with Crippen LogP contribution in [0.4, 0.5) is 0 Å². The molecular formula is C76H145NO5. The molecule has 0 heterocycles. The predicted octanol–water partition coefficient (Wildman–Crippen LogP) is 24.3. The van der Waals surface area contributed by atoms with Gasteiger partial charge in [0.2, 0.25) is 5.91 Å². The number of hydrogen-bond acceptors (Lipinski definition) is 5. The topological polar surface area (TPSA) is 95.9 Å². The minimum Gasteiger partial charge on any atom is -0.466 e. The number of aliphatic hydroxyl groups excluding tert-OH is 2. The van der Waals surface area contributed by atoms with Crippen molar-refractivity contribution in [2.24, 2.45) is 0 Å². The van der Waals surface area contributed by atoms with E-state index in [4.69, 9.17) is 4.74 Å². The third kappa shape index (κ3) is 67.2. The lowest BCUT2D eigenvalue weighted by Gasteiger charge is -2.20. The van der Waals surface area contributed by atoms with Gasteiger partial charge in [0.05, 0.1) is 25.4 Å². The zero-order valence-electron chi connectivity index (χ0n) is 55.5. The molecule has 6 heteroatoms. The van der Waals surface area contributed by atoms with Gasteiger partial charge in [0.15, 0.2) is 0 Å². The maximum Gasteiger partial charge on any atom is 0.305 e. The molecule has 0 aliphatic heterocycles. The maximum atomic E-state index is 12.5. The van der Waals surface area contributed by atoms with Crippen molar-refractivity contribution in [3.8, 4) is 0 Å². The van der Waals surface area contributed by atoms with Gasteiger partial charge >= 0.3 is 5.97 Å². The van der Waals surface area contributed by atoms with E-state index in [9.17, 15) is 19.8 Å². The number of unbranched alkanes of at least 4 members (excludes halogenated alkanes) is 55. The Morgan fingerprint density at radius 1 is 0.341 bits per heavy atom. The summed E-state index contributed by atoms with van der Waals surface area (Å²) in [7, 11) is 0. The van der Waals surface area contributed by atoms with Gasteiger partial charge in [0.1, 0.15) is 0 Å². The quantitative estimate of drug-likeness (QED) is 0.0320. The van der Waals surface area contributed by atoms with Crippen molar-refractivity contribution in [1.29, 1.82) is 0 Å². The van der Waals surface area contributed by atoms with Gasteiger partial charge in [-0.2, -0.15) is 0 Å². The standard InChI is InChI=1S/C76H145NO5/c1-3-5-7-9-11-13-15-17-19-20-21-34-37-41-44-48-52-56-60-64-68-74(79)73(72-78)77-75(80)69-65-61-57-53-49-45-42-38-35-32-30-28-26-24-22-23-25-27-29-31-33-36-39-43-47-51-55-59-63-67-71-82-76(81)70-66-62-58-54-50-46-40-18-16-14-12-10-8-6-4-2/h12,14,18,40,64,68,73-74,78-79H,3-11,13,15-17,19-39,41-63,65-67,69-72H2,1-2H3,(H,77,80)/b14-12-,40-18-,68-64+. The Kier molecular flexibility index (Phi) is 69.9. The molecule has 0 aliphatic rings. The molecule has 1 amide bonds. The number of carbonyl (C=O) groups excluding carboxylic acids is 2. The number of nitrogens with one attached hydrogen (secondary N) is 1. The fourth-order valence-electron chi connectivity index (χ4n) is 11.7. The first kappa shape index (κ1) is 80.1. The Hall–Kier alpha value is -1.92. The highest BCUT2D eigenvalue weighted by Gasteiger charge is 2.18. The second kappa shape index (κ2) is 71.6. The van der Waals surface area contributed by atoms with Crippen LogP contribution in [0, 0.1) is 0 Å². The molecule has 2 atom stereocenters. The van der Waals surface area contributed by atoms with E-state index in [0.29, 0.717) is 19.4 Å². The monoisotopic (exact) mass is 1150 g/mol. The van der Waals surface area contributed by atoms with Crippen LogP contribution >= 0.6 is 0 Å². The Balaban J connectivity index is 3.36. The Morgan fingerprint density at radius 2 is 0.610 bits per heavy atom. The average Bonchev–Trinajstić information content (AvgIpc) is 3.48. The van der Waals surface area contributed by atoms with Crippen LogP contribution in [0.15, 0.2) is 36.5 Å². The molecule has 2 unspecified atom stereocenters. The molecule has 0 saturated carbocycles. The third-order valence-electron chi connectivity index (χ3n) is 17.4. The number of rotatable bonds is 70. The first-order chi connectivity index (χ1) is 40.5. The highest BCUT2D eigenvalue weighted by atomic mass is 16.5. The predicted molar refractivity (Wildman–Crippen MR) is 361 cm³/mol. The number of amides is 1. The number of allylic oxidation sites excluding steroid dienone is 5. The summed E-state index contributed by atoms with van der Waals surface area (Å²) in [6.07, 6.45) is 92.4. The molecule has 0 fully saturated rings. The van der Waals surface area contributed by atoms with E-state index in [1.807, 2.05) is 6.08 Å². The van der Waals surface area contributed by atoms with Crippen LogP contribution in [0.25, 0.3) is 0 Å². The molecule has 6 nitrogen and oxygen atoms in total. The number of aliphatic hydroxyl groups is 2. The van der Waals surface area contributed by atoms with E-state index in [2.05, 4.69) is 43.5 Å². The second-order valence-electron chi connectivity index (χ2n) is 25.6. The second-order valence-corrected chi connectivity index (χ2v) is 25.6. The molecule has 0 saturated heterocycles. The average molecular weight is 1150 g/mol. The minimum absolute atomic E-state index is 0.00625. The van der Waals surface area contributed by atoms with E-state index < -0.39 is 12.1 Å². The van der Waals surface area contributed by atoms with E-state index in [0.717, 1.165) is 51.4 Å². The smallest absolute Gasteiger partial charge is 0.305 e. The Bertz CT molecular complexity index is 1330. The van der Waals surface area contributed by atoms with Crippen molar-refractivity contribution in [1.82, 2.24) is 5.32 Å². The number of ether oxygens (including phenoxy) is 1. The van der Waals surface area contributed by atoms with Crippen LogP contribution in [0.2, 0.25) is 0 Å². The normalized spacial score (nSPS) is 12.7. The largest absolute Gasteiger partial charge is 0.466 e. The van der Waals surface area contributed by atoms with Gasteiger partial charge in [-0.3, -0.25) is 9.59 Å². The minimum atomic E-state index is -0.843. The Morgan fingerprint density at radius 3 is 0.951 bits per heavy atom. The lowest BCUT2D eigenvalue weighted by molar-refractivity contribution is -0.143. The summed E-state index contributed by atoms with van der Waals surface area (Å²) in [4.78, 5) is 24.6. The zero-order valence-corrected chi connectivity index (χ0v) is 55.5. The molecule has 0 aromatic heterocycles. The fraction of sp³-hybridized carbons (Fsp3) is 0.895. The summed E-state index contributed by atoms with van der Waals surface area (Å²) in [6, 6.07) is -0.626. The summed E-state index contributed by atoms with van der Waals surface area (Å²) < 4.78 is 5.49. The van der Waals surface area contributed by atoms with Crippen molar-refractivity contribution in [3.05, 3.63) is 36.5 Å². The molecule has 484 valence electrons. The van der Waals surface area contributed by atoms with Crippen molar-refractivity contribution in [2.75, 3.05) is 13.2 Å². The van der Waals surface area contributed by atoms with Crippen LogP contribution in [0.5, 0.6) is 0 Å². The molecule has 0 bridgehead atoms. The molecule has 0 rings (SSSR count). The molecule has 0 aromatic carbocycles. The molecule has 0 spiro atoms. The van der Waals surface area contributed by atoms with Crippen molar-refractivity contribution >= 4 is 11.9 Å². The van der Waals surface area contributed by atoms with E-state index in [1.165, 1.54) is 334 Å². The van der Waals surface area contributed by atoms with Gasteiger partial charge in [-0.25, -0.2) is 0 Å². The van der Waals surface area contributed by atoms with Gasteiger partial charge in [0.25, 0.3) is 0 Å². The van der Waals surface area contributed by atoms with Crippen molar-refractivity contribution < 1.29 is 24.5 Å². The molecule has 0 radical (unpaired) electrons. The highest BCUT2D eigenvalue weighted by Crippen LogP contribution is 2.19. The van der Waals surface area contributed by atoms with Crippen LogP contribution in [-0.4, -0.2) is 47.4 Å². The molecule has 82 heavy (non-hydrogen) atoms. The van der Waals surface area contributed by atoms with Crippen LogP contribution in [-0.2, 0) is 14.3 Å². The Labute approximate surface area is 513 Å². The first-order valence-electron chi connectivity index (χ1n) is 37.3. The van der Waals surface area contributed by atoms with Gasteiger partial charge < -0.3 is 20.3 Å². The summed E-state index contributed by atoms with van der Waals surface area (Å²) in [6.45, 7) is 4.91. The van der Waals surface area contributed by atoms with Crippen LogP contribution in [0.3, 0.4) is 0 Å². The molecule has 3 N–H and O–H groups in total. The summed E-state index contributed by atoms with van der Waals surface area (Å²) >= 11 is 0. The van der Waals surface area contributed by atoms with Gasteiger partial charge in [0, 0.05) is 12.8 Å². The van der Waals surface area contributed by atoms with E-state index in [-0.39, 0.29) is 18.5 Å². The molecular weight excluding hydrogens is 1010 g/mol. The third-order valence-corrected chi connectivity index (χ3v) is 17.4. The summed E-state index contributed by atoms with van der Waals surface area (Å²) in [5.74, 6) is -0.0540. The number of carbonyl (C=O) groups is 2. The van der Waals surface area contributed by atoms with E-state index >= 15 is 0 Å². The highest BCUT2D eigenvalue weighted by molar-refractivity contribution is 5.76. The summed E-state index contributed by atoms with van der Waals surface area (Å²) in [5.41, 5.74) is 0. The SMILES string of the molecule is CCCCC/C=C\C/C=C\CCCCCCCC(=O)OCCCCCCCCCCCCCCCCCCCCCCCCCCCCCCCCC(=O)NC(CO)C(O)/C=C/CCCCCCCCCCCCCCCCCCCC.